The number of nitrogens with one attached hydrogen (secondary N) is 1. The highest BCUT2D eigenvalue weighted by atomic mass is 16.5. The van der Waals surface area contributed by atoms with E-state index in [1.807, 2.05) is 19.2 Å². The highest BCUT2D eigenvalue weighted by Gasteiger charge is 2.35. The van der Waals surface area contributed by atoms with Crippen molar-refractivity contribution in [3.05, 3.63) is 29.8 Å². The zero-order chi connectivity index (χ0) is 18.3. The van der Waals surface area contributed by atoms with E-state index >= 15 is 0 Å². The van der Waals surface area contributed by atoms with Crippen LogP contribution in [0.3, 0.4) is 0 Å². The van der Waals surface area contributed by atoms with Crippen molar-refractivity contribution in [1.82, 2.24) is 10.2 Å². The molecule has 1 aliphatic heterocycles. The summed E-state index contributed by atoms with van der Waals surface area (Å²) in [7, 11) is 3.54. The standard InChI is InChI=1S/C20H32N2O3/c1-5-16(2)14-22(3)19(23)21-15-20(10-12-25-13-11-20)17-6-8-18(24-4)9-7-17/h6-9,16H,5,10-15H2,1-4H3,(H,21,23). The molecule has 1 aliphatic rings. The third kappa shape index (κ3) is 5.11. The Hall–Kier alpha value is -1.75. The van der Waals surface area contributed by atoms with Crippen molar-refractivity contribution < 1.29 is 14.3 Å². The Morgan fingerprint density at radius 2 is 1.96 bits per heavy atom. The van der Waals surface area contributed by atoms with E-state index in [1.165, 1.54) is 5.56 Å². The summed E-state index contributed by atoms with van der Waals surface area (Å²) in [6, 6.07) is 8.20. The van der Waals surface area contributed by atoms with Gasteiger partial charge in [0.2, 0.25) is 0 Å². The first-order chi connectivity index (χ1) is 12.0. The minimum atomic E-state index is -0.0720. The maximum absolute atomic E-state index is 12.5. The zero-order valence-corrected chi connectivity index (χ0v) is 16.0. The molecule has 0 aromatic heterocycles. The van der Waals surface area contributed by atoms with Crippen molar-refractivity contribution in [3.63, 3.8) is 0 Å². The highest BCUT2D eigenvalue weighted by molar-refractivity contribution is 5.74. The van der Waals surface area contributed by atoms with Gasteiger partial charge < -0.3 is 19.7 Å². The molecular formula is C20H32N2O3. The lowest BCUT2D eigenvalue weighted by Crippen LogP contribution is -2.48. The molecular weight excluding hydrogens is 316 g/mol. The van der Waals surface area contributed by atoms with Gasteiger partial charge in [0.1, 0.15) is 5.75 Å². The molecule has 0 aliphatic carbocycles. The number of carbonyl (C=O) groups is 1. The van der Waals surface area contributed by atoms with Gasteiger partial charge in [-0.15, -0.1) is 0 Å². The second-order valence-electron chi connectivity index (χ2n) is 7.17. The highest BCUT2D eigenvalue weighted by Crippen LogP contribution is 2.35. The third-order valence-corrected chi connectivity index (χ3v) is 5.36. The second-order valence-corrected chi connectivity index (χ2v) is 7.17. The van der Waals surface area contributed by atoms with Gasteiger partial charge in [-0.25, -0.2) is 4.79 Å². The Balaban J connectivity index is 2.05. The molecule has 0 radical (unpaired) electrons. The van der Waals surface area contributed by atoms with Gasteiger partial charge in [-0.1, -0.05) is 32.4 Å². The number of ether oxygens (including phenoxy) is 2. The summed E-state index contributed by atoms with van der Waals surface area (Å²) in [5, 5.41) is 3.15. The lowest BCUT2D eigenvalue weighted by Gasteiger charge is -2.38. The molecule has 25 heavy (non-hydrogen) atoms. The van der Waals surface area contributed by atoms with Crippen LogP contribution in [-0.4, -0.2) is 51.4 Å². The van der Waals surface area contributed by atoms with E-state index in [-0.39, 0.29) is 11.4 Å². The van der Waals surface area contributed by atoms with Gasteiger partial charge >= 0.3 is 6.03 Å². The van der Waals surface area contributed by atoms with Crippen LogP contribution in [0.25, 0.3) is 0 Å². The Labute approximate surface area is 151 Å². The first kappa shape index (κ1) is 19.6. The molecule has 1 aromatic rings. The molecule has 2 rings (SSSR count). The number of hydrogen-bond acceptors (Lipinski definition) is 3. The van der Waals surface area contributed by atoms with Crippen molar-refractivity contribution in [1.29, 1.82) is 0 Å². The largest absolute Gasteiger partial charge is 0.497 e. The summed E-state index contributed by atoms with van der Waals surface area (Å²) in [5.74, 6) is 1.36. The molecule has 1 heterocycles. The predicted molar refractivity (Wildman–Crippen MR) is 100 cm³/mol. The molecule has 1 aromatic carbocycles. The number of urea groups is 1. The van der Waals surface area contributed by atoms with Crippen LogP contribution in [0, 0.1) is 5.92 Å². The molecule has 140 valence electrons. The maximum Gasteiger partial charge on any atom is 0.317 e. The summed E-state index contributed by atoms with van der Waals surface area (Å²) in [4.78, 5) is 14.3. The summed E-state index contributed by atoms with van der Waals surface area (Å²) >= 11 is 0. The number of rotatable bonds is 7. The van der Waals surface area contributed by atoms with Gasteiger partial charge in [-0.2, -0.15) is 0 Å². The number of methoxy groups -OCH3 is 1. The maximum atomic E-state index is 12.5. The Morgan fingerprint density at radius 3 is 2.52 bits per heavy atom. The van der Waals surface area contributed by atoms with Gasteiger partial charge in [-0.3, -0.25) is 0 Å². The second kappa shape index (κ2) is 9.09. The van der Waals surface area contributed by atoms with Gasteiger partial charge in [0.25, 0.3) is 0 Å². The van der Waals surface area contributed by atoms with E-state index in [0.29, 0.717) is 12.5 Å². The zero-order valence-electron chi connectivity index (χ0n) is 16.0. The number of benzene rings is 1. The van der Waals surface area contributed by atoms with Crippen LogP contribution in [0.15, 0.2) is 24.3 Å². The van der Waals surface area contributed by atoms with Crippen molar-refractivity contribution >= 4 is 6.03 Å². The van der Waals surface area contributed by atoms with E-state index in [2.05, 4.69) is 31.3 Å². The fourth-order valence-corrected chi connectivity index (χ4v) is 3.33. The molecule has 1 fully saturated rings. The summed E-state index contributed by atoms with van der Waals surface area (Å²) in [6.45, 7) is 7.18. The molecule has 1 saturated heterocycles. The van der Waals surface area contributed by atoms with Gasteiger partial charge in [0, 0.05) is 38.8 Å². The molecule has 1 N–H and O–H groups in total. The van der Waals surface area contributed by atoms with E-state index < -0.39 is 0 Å². The molecule has 0 spiro atoms. The smallest absolute Gasteiger partial charge is 0.317 e. The molecule has 1 unspecified atom stereocenters. The van der Waals surface area contributed by atoms with E-state index in [0.717, 1.165) is 44.8 Å². The average molecular weight is 348 g/mol. The van der Waals surface area contributed by atoms with E-state index in [4.69, 9.17) is 9.47 Å². The van der Waals surface area contributed by atoms with Crippen molar-refractivity contribution in [3.8, 4) is 5.75 Å². The number of nitrogens with zero attached hydrogens (tertiary/aromatic N) is 1. The van der Waals surface area contributed by atoms with Crippen molar-refractivity contribution in [2.45, 2.75) is 38.5 Å². The fourth-order valence-electron chi connectivity index (χ4n) is 3.33. The first-order valence-corrected chi connectivity index (χ1v) is 9.22. The third-order valence-electron chi connectivity index (χ3n) is 5.36. The number of hydrogen-bond donors (Lipinski definition) is 1. The van der Waals surface area contributed by atoms with E-state index in [1.54, 1.807) is 12.0 Å². The average Bonchev–Trinajstić information content (AvgIpc) is 2.66. The van der Waals surface area contributed by atoms with Crippen LogP contribution in [0.1, 0.15) is 38.7 Å². The Bertz CT molecular complexity index is 538. The molecule has 0 bridgehead atoms. The summed E-state index contributed by atoms with van der Waals surface area (Å²) < 4.78 is 10.8. The Kier molecular flexibility index (Phi) is 7.12. The molecule has 2 amide bonds. The van der Waals surface area contributed by atoms with Crippen LogP contribution in [0.2, 0.25) is 0 Å². The van der Waals surface area contributed by atoms with Gasteiger partial charge in [-0.05, 0) is 36.5 Å². The van der Waals surface area contributed by atoms with Crippen LogP contribution >= 0.6 is 0 Å². The summed E-state index contributed by atoms with van der Waals surface area (Å²) in [5.41, 5.74) is 1.17. The normalized spacial score (nSPS) is 17.6. The molecule has 1 atom stereocenters. The van der Waals surface area contributed by atoms with Crippen LogP contribution < -0.4 is 10.1 Å². The Morgan fingerprint density at radius 1 is 1.32 bits per heavy atom. The minimum Gasteiger partial charge on any atom is -0.497 e. The number of carbonyl (C=O) groups excluding carboxylic acids is 1. The quantitative estimate of drug-likeness (QED) is 0.821. The monoisotopic (exact) mass is 348 g/mol. The van der Waals surface area contributed by atoms with Crippen LogP contribution in [0.5, 0.6) is 5.75 Å². The van der Waals surface area contributed by atoms with E-state index in [9.17, 15) is 4.79 Å². The van der Waals surface area contributed by atoms with Gasteiger partial charge in [0.15, 0.2) is 0 Å². The first-order valence-electron chi connectivity index (χ1n) is 9.22. The lowest BCUT2D eigenvalue weighted by atomic mass is 9.74. The summed E-state index contributed by atoms with van der Waals surface area (Å²) in [6.07, 6.45) is 2.90. The SMILES string of the molecule is CCC(C)CN(C)C(=O)NCC1(c2ccc(OC)cc2)CCOCC1. The van der Waals surface area contributed by atoms with Crippen LogP contribution in [-0.2, 0) is 10.2 Å². The molecule has 5 heteroatoms. The van der Waals surface area contributed by atoms with Crippen molar-refractivity contribution in [2.75, 3.05) is 40.5 Å². The van der Waals surface area contributed by atoms with Crippen molar-refractivity contribution in [2.24, 2.45) is 5.92 Å². The van der Waals surface area contributed by atoms with Crippen LogP contribution in [0.4, 0.5) is 4.79 Å². The lowest BCUT2D eigenvalue weighted by molar-refractivity contribution is 0.0502. The topological polar surface area (TPSA) is 50.8 Å². The fraction of sp³-hybridized carbons (Fsp3) is 0.650. The molecule has 0 saturated carbocycles. The van der Waals surface area contributed by atoms with Gasteiger partial charge in [0.05, 0.1) is 7.11 Å². The minimum absolute atomic E-state index is 0.000298. The number of amides is 2. The molecule has 5 nitrogen and oxygen atoms in total. The predicted octanol–water partition coefficient (Wildman–Crippen LogP) is 3.43.